The van der Waals surface area contributed by atoms with Crippen LogP contribution in [0.15, 0.2) is 24.3 Å². The van der Waals surface area contributed by atoms with Gasteiger partial charge in [0.15, 0.2) is 0 Å². The first kappa shape index (κ1) is 12.6. The van der Waals surface area contributed by atoms with E-state index in [1.165, 1.54) is 43.9 Å². The molecule has 1 saturated heterocycles. The van der Waals surface area contributed by atoms with Gasteiger partial charge in [0.25, 0.3) is 0 Å². The Bertz CT molecular complexity index is 326. The quantitative estimate of drug-likeness (QED) is 0.850. The van der Waals surface area contributed by atoms with Crippen molar-refractivity contribution in [2.24, 2.45) is 5.73 Å². The third-order valence-electron chi connectivity index (χ3n) is 3.58. The van der Waals surface area contributed by atoms with Crippen molar-refractivity contribution in [1.29, 1.82) is 0 Å². The van der Waals surface area contributed by atoms with Crippen LogP contribution in [0.5, 0.6) is 0 Å². The standard InChI is InChI=1S/C14H23N3/c1-2-16-7-9-17(10-8-16)12-14-5-3-13(11-15)4-6-14/h3-6H,2,7-12,15H2,1H3. The summed E-state index contributed by atoms with van der Waals surface area (Å²) < 4.78 is 0. The Balaban J connectivity index is 1.84. The van der Waals surface area contributed by atoms with E-state index in [0.717, 1.165) is 6.54 Å². The fraction of sp³-hybridized carbons (Fsp3) is 0.571. The zero-order valence-electron chi connectivity index (χ0n) is 10.7. The Kier molecular flexibility index (Phi) is 4.54. The normalized spacial score (nSPS) is 18.5. The molecule has 0 aromatic heterocycles. The summed E-state index contributed by atoms with van der Waals surface area (Å²) in [5.74, 6) is 0. The van der Waals surface area contributed by atoms with Gasteiger partial charge in [0.05, 0.1) is 0 Å². The molecule has 1 fully saturated rings. The van der Waals surface area contributed by atoms with Gasteiger partial charge < -0.3 is 10.6 Å². The second kappa shape index (κ2) is 6.15. The van der Waals surface area contributed by atoms with Crippen molar-refractivity contribution in [1.82, 2.24) is 9.80 Å². The molecule has 3 heteroatoms. The monoisotopic (exact) mass is 233 g/mol. The number of hydrogen-bond donors (Lipinski definition) is 1. The fourth-order valence-corrected chi connectivity index (χ4v) is 2.30. The summed E-state index contributed by atoms with van der Waals surface area (Å²) in [6, 6.07) is 8.68. The van der Waals surface area contributed by atoms with Crippen LogP contribution in [0.3, 0.4) is 0 Å². The first-order chi connectivity index (χ1) is 8.31. The zero-order chi connectivity index (χ0) is 12.1. The van der Waals surface area contributed by atoms with Gasteiger partial charge in [0, 0.05) is 39.3 Å². The number of hydrogen-bond acceptors (Lipinski definition) is 3. The van der Waals surface area contributed by atoms with Gasteiger partial charge in [0.2, 0.25) is 0 Å². The number of piperazine rings is 1. The minimum absolute atomic E-state index is 0.634. The molecule has 1 aliphatic heterocycles. The van der Waals surface area contributed by atoms with Gasteiger partial charge in [-0.05, 0) is 17.7 Å². The van der Waals surface area contributed by atoms with E-state index in [2.05, 4.69) is 41.0 Å². The predicted octanol–water partition coefficient (Wildman–Crippen LogP) is 1.28. The molecule has 0 bridgehead atoms. The largest absolute Gasteiger partial charge is 0.326 e. The second-order valence-electron chi connectivity index (χ2n) is 4.73. The Hall–Kier alpha value is -0.900. The van der Waals surface area contributed by atoms with Crippen molar-refractivity contribution in [3.05, 3.63) is 35.4 Å². The Labute approximate surface area is 104 Å². The van der Waals surface area contributed by atoms with Crippen LogP contribution in [0.2, 0.25) is 0 Å². The average molecular weight is 233 g/mol. The average Bonchev–Trinajstić information content (AvgIpc) is 2.40. The van der Waals surface area contributed by atoms with Crippen LogP contribution in [0.4, 0.5) is 0 Å². The van der Waals surface area contributed by atoms with Gasteiger partial charge in [0.1, 0.15) is 0 Å². The molecule has 1 aromatic carbocycles. The van der Waals surface area contributed by atoms with E-state index in [4.69, 9.17) is 5.73 Å². The maximum absolute atomic E-state index is 5.60. The highest BCUT2D eigenvalue weighted by molar-refractivity contribution is 5.22. The molecule has 2 rings (SSSR count). The van der Waals surface area contributed by atoms with Crippen LogP contribution in [-0.2, 0) is 13.1 Å². The van der Waals surface area contributed by atoms with E-state index in [-0.39, 0.29) is 0 Å². The van der Waals surface area contributed by atoms with Crippen molar-refractivity contribution in [2.75, 3.05) is 32.7 Å². The molecule has 0 aliphatic carbocycles. The molecule has 1 heterocycles. The molecule has 3 nitrogen and oxygen atoms in total. The van der Waals surface area contributed by atoms with Crippen molar-refractivity contribution in [3.63, 3.8) is 0 Å². The Morgan fingerprint density at radius 2 is 1.47 bits per heavy atom. The van der Waals surface area contributed by atoms with Gasteiger partial charge in [-0.2, -0.15) is 0 Å². The summed E-state index contributed by atoms with van der Waals surface area (Å²) in [5, 5.41) is 0. The molecule has 0 spiro atoms. The van der Waals surface area contributed by atoms with Gasteiger partial charge in [-0.3, -0.25) is 4.90 Å². The van der Waals surface area contributed by atoms with Gasteiger partial charge >= 0.3 is 0 Å². The number of likely N-dealkylation sites (N-methyl/N-ethyl adjacent to an activating group) is 1. The van der Waals surface area contributed by atoms with Crippen molar-refractivity contribution in [2.45, 2.75) is 20.0 Å². The van der Waals surface area contributed by atoms with Crippen LogP contribution in [0.25, 0.3) is 0 Å². The van der Waals surface area contributed by atoms with Crippen molar-refractivity contribution in [3.8, 4) is 0 Å². The highest BCUT2D eigenvalue weighted by Gasteiger charge is 2.15. The second-order valence-corrected chi connectivity index (χ2v) is 4.73. The summed E-state index contributed by atoms with van der Waals surface area (Å²) in [4.78, 5) is 5.04. The van der Waals surface area contributed by atoms with Gasteiger partial charge in [-0.25, -0.2) is 0 Å². The van der Waals surface area contributed by atoms with Crippen LogP contribution in [-0.4, -0.2) is 42.5 Å². The fourth-order valence-electron chi connectivity index (χ4n) is 2.30. The topological polar surface area (TPSA) is 32.5 Å². The number of nitrogens with zero attached hydrogens (tertiary/aromatic N) is 2. The lowest BCUT2D eigenvalue weighted by Crippen LogP contribution is -2.45. The highest BCUT2D eigenvalue weighted by atomic mass is 15.3. The molecule has 0 amide bonds. The lowest BCUT2D eigenvalue weighted by Gasteiger charge is -2.34. The molecule has 0 unspecified atom stereocenters. The number of rotatable bonds is 4. The predicted molar refractivity (Wildman–Crippen MR) is 71.7 cm³/mol. The zero-order valence-corrected chi connectivity index (χ0v) is 10.7. The first-order valence-electron chi connectivity index (χ1n) is 6.54. The van der Waals surface area contributed by atoms with Crippen molar-refractivity contribution >= 4 is 0 Å². The minimum Gasteiger partial charge on any atom is -0.326 e. The summed E-state index contributed by atoms with van der Waals surface area (Å²) in [6.45, 7) is 9.91. The lowest BCUT2D eigenvalue weighted by molar-refractivity contribution is 0.132. The molecular formula is C14H23N3. The molecular weight excluding hydrogens is 210 g/mol. The molecule has 0 saturated carbocycles. The Morgan fingerprint density at radius 3 is 2.00 bits per heavy atom. The molecule has 94 valence electrons. The summed E-state index contributed by atoms with van der Waals surface area (Å²) in [5.41, 5.74) is 8.21. The van der Waals surface area contributed by atoms with Crippen LogP contribution >= 0.6 is 0 Å². The van der Waals surface area contributed by atoms with Crippen LogP contribution < -0.4 is 5.73 Å². The first-order valence-corrected chi connectivity index (χ1v) is 6.54. The van der Waals surface area contributed by atoms with E-state index in [0.29, 0.717) is 6.54 Å². The van der Waals surface area contributed by atoms with Gasteiger partial charge in [-0.15, -0.1) is 0 Å². The Morgan fingerprint density at radius 1 is 0.941 bits per heavy atom. The van der Waals surface area contributed by atoms with Crippen LogP contribution in [0.1, 0.15) is 18.1 Å². The molecule has 0 atom stereocenters. The van der Waals surface area contributed by atoms with Gasteiger partial charge in [-0.1, -0.05) is 31.2 Å². The smallest absolute Gasteiger partial charge is 0.0234 e. The van der Waals surface area contributed by atoms with E-state index < -0.39 is 0 Å². The maximum atomic E-state index is 5.60. The molecule has 2 N–H and O–H groups in total. The maximum Gasteiger partial charge on any atom is 0.0234 e. The van der Waals surface area contributed by atoms with Crippen LogP contribution in [0, 0.1) is 0 Å². The number of benzene rings is 1. The summed E-state index contributed by atoms with van der Waals surface area (Å²) in [6.07, 6.45) is 0. The minimum atomic E-state index is 0.634. The van der Waals surface area contributed by atoms with E-state index >= 15 is 0 Å². The highest BCUT2D eigenvalue weighted by Crippen LogP contribution is 2.09. The number of nitrogens with two attached hydrogens (primary N) is 1. The lowest BCUT2D eigenvalue weighted by atomic mass is 10.1. The summed E-state index contributed by atoms with van der Waals surface area (Å²) >= 11 is 0. The van der Waals surface area contributed by atoms with E-state index in [1.807, 2.05) is 0 Å². The van der Waals surface area contributed by atoms with E-state index in [1.54, 1.807) is 0 Å². The molecule has 17 heavy (non-hydrogen) atoms. The molecule has 1 aromatic rings. The molecule has 0 radical (unpaired) electrons. The van der Waals surface area contributed by atoms with E-state index in [9.17, 15) is 0 Å². The SMILES string of the molecule is CCN1CCN(Cc2ccc(CN)cc2)CC1. The van der Waals surface area contributed by atoms with Crippen molar-refractivity contribution < 1.29 is 0 Å². The third kappa shape index (κ3) is 3.53. The third-order valence-corrected chi connectivity index (χ3v) is 3.58. The molecule has 1 aliphatic rings. The summed E-state index contributed by atoms with van der Waals surface area (Å²) in [7, 11) is 0.